The van der Waals surface area contributed by atoms with Crippen molar-refractivity contribution in [2.75, 3.05) is 14.1 Å². The van der Waals surface area contributed by atoms with Crippen molar-refractivity contribution < 1.29 is 9.53 Å². The molecule has 0 bridgehead atoms. The van der Waals surface area contributed by atoms with Crippen LogP contribution in [0.5, 0.6) is 5.88 Å². The summed E-state index contributed by atoms with van der Waals surface area (Å²) < 4.78 is 6.38. The van der Waals surface area contributed by atoms with Crippen molar-refractivity contribution in [3.8, 4) is 5.88 Å². The molecule has 1 saturated carbocycles. The molecule has 0 aliphatic heterocycles. The van der Waals surface area contributed by atoms with Crippen LogP contribution in [-0.2, 0) is 11.2 Å². The largest absolute Gasteiger partial charge is 0.474 e. The van der Waals surface area contributed by atoms with E-state index in [1.165, 1.54) is 10.4 Å². The fraction of sp³-hybridized carbons (Fsp3) is 0.650. The summed E-state index contributed by atoms with van der Waals surface area (Å²) in [7, 11) is 4.28. The van der Waals surface area contributed by atoms with Crippen LogP contribution in [0, 0.1) is 0 Å². The van der Waals surface area contributed by atoms with Crippen LogP contribution in [-0.4, -0.2) is 46.9 Å². The van der Waals surface area contributed by atoms with Crippen molar-refractivity contribution in [1.82, 2.24) is 14.9 Å². The van der Waals surface area contributed by atoms with Crippen molar-refractivity contribution in [3.05, 3.63) is 15.7 Å². The number of carbonyl (C=O) groups excluding carboxylic acids is 1. The first-order valence-corrected chi connectivity index (χ1v) is 10.9. The minimum Gasteiger partial charge on any atom is -0.474 e. The van der Waals surface area contributed by atoms with Gasteiger partial charge in [-0.05, 0) is 82.6 Å². The molecule has 2 aliphatic carbocycles. The summed E-state index contributed by atoms with van der Waals surface area (Å²) in [6.45, 7) is 1.67. The third-order valence-corrected chi connectivity index (χ3v) is 7.25. The Balaban J connectivity index is 1.64. The molecule has 1 atom stereocenters. The number of carbonyl (C=O) groups is 1. The maximum Gasteiger partial charge on any atom is 0.227 e. The summed E-state index contributed by atoms with van der Waals surface area (Å²) in [5.41, 5.74) is 1.24. The van der Waals surface area contributed by atoms with Gasteiger partial charge in [-0.1, -0.05) is 0 Å². The number of nitrogens with zero attached hydrogens (tertiary/aromatic N) is 3. The van der Waals surface area contributed by atoms with Crippen molar-refractivity contribution in [2.24, 2.45) is 0 Å². The molecule has 2 aromatic rings. The Morgan fingerprint density at radius 2 is 1.96 bits per heavy atom. The van der Waals surface area contributed by atoms with E-state index >= 15 is 0 Å². The van der Waals surface area contributed by atoms with E-state index in [1.54, 1.807) is 18.3 Å². The van der Waals surface area contributed by atoms with Crippen molar-refractivity contribution >= 4 is 38.9 Å². The van der Waals surface area contributed by atoms with Gasteiger partial charge in [0.15, 0.2) is 0 Å². The fourth-order valence-electron chi connectivity index (χ4n) is 4.55. The Bertz CT molecular complexity index is 859. The Labute approximate surface area is 169 Å². The number of ether oxygens (including phenoxy) is 1. The van der Waals surface area contributed by atoms with Crippen LogP contribution >= 0.6 is 22.9 Å². The first-order valence-electron chi connectivity index (χ1n) is 9.73. The van der Waals surface area contributed by atoms with Gasteiger partial charge in [-0.3, -0.25) is 0 Å². The fourth-order valence-corrected chi connectivity index (χ4v) is 6.03. The molecule has 0 radical (unpaired) electrons. The lowest BCUT2D eigenvalue weighted by Gasteiger charge is -2.32. The highest BCUT2D eigenvalue weighted by Gasteiger charge is 2.32. The predicted octanol–water partition coefficient (Wildman–Crippen LogP) is 4.61. The van der Waals surface area contributed by atoms with E-state index in [-0.39, 0.29) is 23.1 Å². The molecule has 0 N–H and O–H groups in total. The molecule has 0 aromatic carbocycles. The van der Waals surface area contributed by atoms with Gasteiger partial charge in [-0.15, -0.1) is 11.3 Å². The van der Waals surface area contributed by atoms with Crippen LogP contribution in [0.1, 0.15) is 61.8 Å². The number of hydrogen-bond donors (Lipinski definition) is 0. The smallest absolute Gasteiger partial charge is 0.227 e. The van der Waals surface area contributed by atoms with E-state index < -0.39 is 0 Å². The number of halogens is 1. The Hall–Kier alpha value is -1.24. The van der Waals surface area contributed by atoms with E-state index in [0.717, 1.165) is 48.7 Å². The van der Waals surface area contributed by atoms with Crippen LogP contribution in [0.4, 0.5) is 0 Å². The number of ketones is 1. The second kappa shape index (κ2) is 7.64. The molecule has 0 unspecified atom stereocenters. The van der Waals surface area contributed by atoms with Crippen LogP contribution in [0.25, 0.3) is 10.2 Å². The zero-order valence-corrected chi connectivity index (χ0v) is 17.7. The molecule has 27 heavy (non-hydrogen) atoms. The minimum absolute atomic E-state index is 0.165. The summed E-state index contributed by atoms with van der Waals surface area (Å²) >= 11 is 7.87. The van der Waals surface area contributed by atoms with E-state index in [4.69, 9.17) is 16.3 Å². The Kier molecular flexibility index (Phi) is 5.41. The standard InChI is InChI=1S/C20H26ClN3O2S/c1-11(25)10-12-4-9-15-16(12)17-18(22-20(21)23-19(17)27-15)26-14-7-5-13(6-8-14)24(2)3/h12-14H,4-10H2,1-3H3/t12-,13-,14-/m1/s1. The number of rotatable bonds is 5. The maximum absolute atomic E-state index is 11.7. The highest BCUT2D eigenvalue weighted by atomic mass is 35.5. The Morgan fingerprint density at radius 3 is 2.63 bits per heavy atom. The number of thiophene rings is 1. The molecule has 4 rings (SSSR count). The monoisotopic (exact) mass is 407 g/mol. The molecule has 1 fully saturated rings. The molecule has 5 nitrogen and oxygen atoms in total. The quantitative estimate of drug-likeness (QED) is 0.677. The number of Topliss-reactive ketones (excluding diaryl/α,β-unsaturated/α-hetero) is 1. The molecule has 0 saturated heterocycles. The first-order chi connectivity index (χ1) is 12.9. The number of hydrogen-bond acceptors (Lipinski definition) is 6. The SMILES string of the molecule is CC(=O)C[C@H]1CCc2sc3nc(Cl)nc(O[C@H]4CC[C@H](N(C)C)CC4)c3c21. The van der Waals surface area contributed by atoms with Gasteiger partial charge < -0.3 is 14.4 Å². The summed E-state index contributed by atoms with van der Waals surface area (Å²) in [6, 6.07) is 0.629. The number of aromatic nitrogens is 2. The predicted molar refractivity (Wildman–Crippen MR) is 109 cm³/mol. The first kappa shape index (κ1) is 19.1. The topological polar surface area (TPSA) is 55.3 Å². The normalized spacial score (nSPS) is 25.1. The molecular weight excluding hydrogens is 382 g/mol. The van der Waals surface area contributed by atoms with E-state index in [0.29, 0.717) is 18.3 Å². The van der Waals surface area contributed by atoms with Crippen molar-refractivity contribution in [1.29, 1.82) is 0 Å². The lowest BCUT2D eigenvalue weighted by Crippen LogP contribution is -2.35. The van der Waals surface area contributed by atoms with Crippen molar-refractivity contribution in [3.63, 3.8) is 0 Å². The van der Waals surface area contributed by atoms with Crippen LogP contribution in [0.3, 0.4) is 0 Å². The molecule has 2 aliphatic rings. The summed E-state index contributed by atoms with van der Waals surface area (Å²) in [5, 5.41) is 1.24. The van der Waals surface area contributed by atoms with Crippen LogP contribution in [0.2, 0.25) is 5.28 Å². The average Bonchev–Trinajstić information content (AvgIpc) is 3.14. The van der Waals surface area contributed by atoms with Gasteiger partial charge in [0, 0.05) is 17.3 Å². The summed E-state index contributed by atoms with van der Waals surface area (Å²) in [4.78, 5) is 25.1. The zero-order chi connectivity index (χ0) is 19.1. The van der Waals surface area contributed by atoms with Crippen LogP contribution in [0.15, 0.2) is 0 Å². The molecule has 0 spiro atoms. The highest BCUT2D eigenvalue weighted by molar-refractivity contribution is 7.19. The van der Waals surface area contributed by atoms with Crippen molar-refractivity contribution in [2.45, 2.75) is 69.9 Å². The average molecular weight is 408 g/mol. The van der Waals surface area contributed by atoms with Gasteiger partial charge in [0.25, 0.3) is 0 Å². The van der Waals surface area contributed by atoms with Gasteiger partial charge in [-0.2, -0.15) is 4.98 Å². The second-order valence-electron chi connectivity index (χ2n) is 8.07. The van der Waals surface area contributed by atoms with Crippen LogP contribution < -0.4 is 4.74 Å². The number of fused-ring (bicyclic) bond motifs is 3. The maximum atomic E-state index is 11.7. The summed E-state index contributed by atoms with van der Waals surface area (Å²) in [6.07, 6.45) is 7.08. The van der Waals surface area contributed by atoms with Gasteiger partial charge in [-0.25, -0.2) is 4.98 Å². The van der Waals surface area contributed by atoms with Gasteiger partial charge in [0.1, 0.15) is 16.7 Å². The molecule has 7 heteroatoms. The molecular formula is C20H26ClN3O2S. The third kappa shape index (κ3) is 3.84. The summed E-state index contributed by atoms with van der Waals surface area (Å²) in [5.74, 6) is 1.10. The molecule has 2 aromatic heterocycles. The molecule has 146 valence electrons. The van der Waals surface area contributed by atoms with E-state index in [2.05, 4.69) is 29.0 Å². The molecule has 0 amide bonds. The lowest BCUT2D eigenvalue weighted by molar-refractivity contribution is -0.117. The van der Waals surface area contributed by atoms with Gasteiger partial charge in [0.05, 0.1) is 5.39 Å². The van der Waals surface area contributed by atoms with Gasteiger partial charge in [0.2, 0.25) is 11.2 Å². The number of aryl methyl sites for hydroxylation is 1. The lowest BCUT2D eigenvalue weighted by atomic mass is 9.92. The second-order valence-corrected chi connectivity index (χ2v) is 9.49. The van der Waals surface area contributed by atoms with E-state index in [9.17, 15) is 4.79 Å². The zero-order valence-electron chi connectivity index (χ0n) is 16.1. The van der Waals surface area contributed by atoms with E-state index in [1.807, 2.05) is 0 Å². The Morgan fingerprint density at radius 1 is 1.22 bits per heavy atom. The molecule has 2 heterocycles. The third-order valence-electron chi connectivity index (χ3n) is 5.92. The highest BCUT2D eigenvalue weighted by Crippen LogP contribution is 2.48. The minimum atomic E-state index is 0.165. The van der Waals surface area contributed by atoms with Gasteiger partial charge >= 0.3 is 0 Å².